The van der Waals surface area contributed by atoms with Gasteiger partial charge in [-0.2, -0.15) is 0 Å². The standard InChI is InChI=1S/C13H15F2N5/c1-7(2)11-12(17-6-18-13(11)20-16)19-8-3-4-9(14)10(15)5-8/h3-7H,16H2,1-2H3,(H2,17,18,19,20). The number of benzene rings is 1. The molecule has 0 saturated heterocycles. The molecule has 2 rings (SSSR count). The van der Waals surface area contributed by atoms with Crippen molar-refractivity contribution >= 4 is 17.3 Å². The molecule has 0 fully saturated rings. The average Bonchev–Trinajstić information content (AvgIpc) is 2.42. The third-order valence-corrected chi connectivity index (χ3v) is 2.78. The molecule has 1 aromatic heterocycles. The lowest BCUT2D eigenvalue weighted by Gasteiger charge is -2.16. The number of hydrogen-bond donors (Lipinski definition) is 3. The SMILES string of the molecule is CC(C)c1c(NN)ncnc1Nc1ccc(F)c(F)c1. The van der Waals surface area contributed by atoms with E-state index in [0.717, 1.165) is 17.7 Å². The molecule has 0 aliphatic rings. The summed E-state index contributed by atoms with van der Waals surface area (Å²) in [4.78, 5) is 8.15. The summed E-state index contributed by atoms with van der Waals surface area (Å²) in [6.45, 7) is 3.91. The molecule has 106 valence electrons. The molecular weight excluding hydrogens is 264 g/mol. The van der Waals surface area contributed by atoms with Crippen molar-refractivity contribution in [2.75, 3.05) is 10.7 Å². The Morgan fingerprint density at radius 3 is 2.40 bits per heavy atom. The summed E-state index contributed by atoms with van der Waals surface area (Å²) in [7, 11) is 0. The van der Waals surface area contributed by atoms with E-state index in [2.05, 4.69) is 20.7 Å². The van der Waals surface area contributed by atoms with Crippen LogP contribution in [0.1, 0.15) is 25.3 Å². The fourth-order valence-electron chi connectivity index (χ4n) is 1.87. The Morgan fingerprint density at radius 1 is 1.10 bits per heavy atom. The first-order valence-electron chi connectivity index (χ1n) is 6.06. The summed E-state index contributed by atoms with van der Waals surface area (Å²) in [5.74, 6) is 4.67. The average molecular weight is 279 g/mol. The second kappa shape index (κ2) is 5.79. The number of nitrogen functional groups attached to an aromatic ring is 1. The Kier molecular flexibility index (Phi) is 4.09. The van der Waals surface area contributed by atoms with Gasteiger partial charge in [0.05, 0.1) is 0 Å². The predicted molar refractivity (Wildman–Crippen MR) is 73.6 cm³/mol. The second-order valence-electron chi connectivity index (χ2n) is 4.54. The lowest BCUT2D eigenvalue weighted by atomic mass is 10.0. The highest BCUT2D eigenvalue weighted by atomic mass is 19.2. The molecule has 0 aliphatic heterocycles. The molecule has 5 nitrogen and oxygen atoms in total. The van der Waals surface area contributed by atoms with Crippen LogP contribution in [0.25, 0.3) is 0 Å². The summed E-state index contributed by atoms with van der Waals surface area (Å²) in [5.41, 5.74) is 3.66. The molecule has 1 aromatic carbocycles. The van der Waals surface area contributed by atoms with Gasteiger partial charge in [0, 0.05) is 17.3 Å². The van der Waals surface area contributed by atoms with Gasteiger partial charge in [0.25, 0.3) is 0 Å². The summed E-state index contributed by atoms with van der Waals surface area (Å²) in [6, 6.07) is 3.55. The lowest BCUT2D eigenvalue weighted by molar-refractivity contribution is 0.509. The van der Waals surface area contributed by atoms with Crippen LogP contribution >= 0.6 is 0 Å². The minimum absolute atomic E-state index is 0.0926. The molecule has 2 aromatic rings. The maximum absolute atomic E-state index is 13.2. The first-order valence-corrected chi connectivity index (χ1v) is 6.06. The number of nitrogens with zero attached hydrogens (tertiary/aromatic N) is 2. The second-order valence-corrected chi connectivity index (χ2v) is 4.54. The molecule has 0 radical (unpaired) electrons. The van der Waals surface area contributed by atoms with Crippen molar-refractivity contribution in [1.29, 1.82) is 0 Å². The van der Waals surface area contributed by atoms with E-state index in [4.69, 9.17) is 5.84 Å². The van der Waals surface area contributed by atoms with Gasteiger partial charge in [-0.15, -0.1) is 0 Å². The zero-order valence-corrected chi connectivity index (χ0v) is 11.1. The van der Waals surface area contributed by atoms with Gasteiger partial charge >= 0.3 is 0 Å². The molecule has 0 aliphatic carbocycles. The summed E-state index contributed by atoms with van der Waals surface area (Å²) in [6.07, 6.45) is 1.34. The highest BCUT2D eigenvalue weighted by Crippen LogP contribution is 2.30. The molecule has 0 atom stereocenters. The van der Waals surface area contributed by atoms with Crippen molar-refractivity contribution < 1.29 is 8.78 Å². The van der Waals surface area contributed by atoms with E-state index in [-0.39, 0.29) is 5.92 Å². The molecule has 0 unspecified atom stereocenters. The van der Waals surface area contributed by atoms with Crippen molar-refractivity contribution in [1.82, 2.24) is 9.97 Å². The molecule has 4 N–H and O–H groups in total. The highest BCUT2D eigenvalue weighted by molar-refractivity contribution is 5.65. The Labute approximate surface area is 115 Å². The highest BCUT2D eigenvalue weighted by Gasteiger charge is 2.15. The normalized spacial score (nSPS) is 10.7. The van der Waals surface area contributed by atoms with Crippen LogP contribution in [0.15, 0.2) is 24.5 Å². The molecular formula is C13H15F2N5. The minimum atomic E-state index is -0.924. The summed E-state index contributed by atoms with van der Waals surface area (Å²) >= 11 is 0. The van der Waals surface area contributed by atoms with Gasteiger partial charge in [-0.05, 0) is 18.1 Å². The van der Waals surface area contributed by atoms with Crippen molar-refractivity contribution in [3.05, 3.63) is 41.7 Å². The fraction of sp³-hybridized carbons (Fsp3) is 0.231. The number of anilines is 3. The first-order chi connectivity index (χ1) is 9.52. The number of halogens is 2. The molecule has 20 heavy (non-hydrogen) atoms. The van der Waals surface area contributed by atoms with Gasteiger partial charge in [0.1, 0.15) is 18.0 Å². The maximum atomic E-state index is 13.2. The lowest BCUT2D eigenvalue weighted by Crippen LogP contribution is -2.14. The van der Waals surface area contributed by atoms with Gasteiger partial charge in [-0.1, -0.05) is 13.8 Å². The number of aromatic nitrogens is 2. The quantitative estimate of drug-likeness (QED) is 0.592. The third-order valence-electron chi connectivity index (χ3n) is 2.78. The number of hydrazine groups is 1. The van der Waals surface area contributed by atoms with Crippen LogP contribution in [0.5, 0.6) is 0 Å². The molecule has 7 heteroatoms. The van der Waals surface area contributed by atoms with Crippen LogP contribution < -0.4 is 16.6 Å². The van der Waals surface area contributed by atoms with E-state index in [1.807, 2.05) is 13.8 Å². The van der Waals surface area contributed by atoms with Crippen LogP contribution in [0.4, 0.5) is 26.1 Å². The summed E-state index contributed by atoms with van der Waals surface area (Å²) < 4.78 is 26.1. The zero-order valence-electron chi connectivity index (χ0n) is 11.1. The minimum Gasteiger partial charge on any atom is -0.340 e. The smallest absolute Gasteiger partial charge is 0.160 e. The van der Waals surface area contributed by atoms with E-state index in [0.29, 0.717) is 17.3 Å². The Morgan fingerprint density at radius 2 is 1.80 bits per heavy atom. The van der Waals surface area contributed by atoms with Gasteiger partial charge in [-0.3, -0.25) is 0 Å². The van der Waals surface area contributed by atoms with Crippen LogP contribution in [0.2, 0.25) is 0 Å². The largest absolute Gasteiger partial charge is 0.340 e. The van der Waals surface area contributed by atoms with E-state index in [1.54, 1.807) is 0 Å². The fourth-order valence-corrected chi connectivity index (χ4v) is 1.87. The third kappa shape index (κ3) is 2.83. The van der Waals surface area contributed by atoms with Crippen LogP contribution in [-0.4, -0.2) is 9.97 Å². The Balaban J connectivity index is 2.40. The number of nitrogens with two attached hydrogens (primary N) is 1. The molecule has 0 bridgehead atoms. The van der Waals surface area contributed by atoms with Crippen LogP contribution in [0, 0.1) is 11.6 Å². The van der Waals surface area contributed by atoms with Crippen molar-refractivity contribution in [3.8, 4) is 0 Å². The molecule has 0 spiro atoms. The topological polar surface area (TPSA) is 75.9 Å². The van der Waals surface area contributed by atoms with Crippen LogP contribution in [0.3, 0.4) is 0 Å². The first kappa shape index (κ1) is 14.1. The van der Waals surface area contributed by atoms with Crippen molar-refractivity contribution in [3.63, 3.8) is 0 Å². The van der Waals surface area contributed by atoms with Crippen molar-refractivity contribution in [2.24, 2.45) is 5.84 Å². The monoisotopic (exact) mass is 279 g/mol. The van der Waals surface area contributed by atoms with Gasteiger partial charge in [0.15, 0.2) is 11.6 Å². The predicted octanol–water partition coefficient (Wildman–Crippen LogP) is 2.91. The van der Waals surface area contributed by atoms with Gasteiger partial charge in [-0.25, -0.2) is 24.6 Å². The Hall–Kier alpha value is -2.28. The number of hydrogen-bond acceptors (Lipinski definition) is 5. The van der Waals surface area contributed by atoms with E-state index < -0.39 is 11.6 Å². The van der Waals surface area contributed by atoms with Crippen LogP contribution in [-0.2, 0) is 0 Å². The van der Waals surface area contributed by atoms with Gasteiger partial charge < -0.3 is 10.7 Å². The van der Waals surface area contributed by atoms with E-state index in [9.17, 15) is 8.78 Å². The van der Waals surface area contributed by atoms with Gasteiger partial charge in [0.2, 0.25) is 0 Å². The Bertz CT molecular complexity index is 616. The summed E-state index contributed by atoms with van der Waals surface area (Å²) in [5, 5.41) is 2.94. The molecule has 0 amide bonds. The molecule has 1 heterocycles. The van der Waals surface area contributed by atoms with E-state index >= 15 is 0 Å². The van der Waals surface area contributed by atoms with Crippen molar-refractivity contribution in [2.45, 2.75) is 19.8 Å². The molecule has 0 saturated carbocycles. The maximum Gasteiger partial charge on any atom is 0.160 e. The number of nitrogens with one attached hydrogen (secondary N) is 2. The number of rotatable bonds is 4. The zero-order chi connectivity index (χ0) is 14.7. The van der Waals surface area contributed by atoms with E-state index in [1.165, 1.54) is 12.4 Å².